The third kappa shape index (κ3) is 3.57. The fourth-order valence-corrected chi connectivity index (χ4v) is 2.23. The molecule has 2 rings (SSSR count). The molecule has 2 aromatic carbocycles. The molecule has 0 unspecified atom stereocenters. The highest BCUT2D eigenvalue weighted by atomic mass is 32.2. The second-order valence-electron chi connectivity index (χ2n) is 3.67. The van der Waals surface area contributed by atoms with Gasteiger partial charge in [-0.3, -0.25) is 0 Å². The van der Waals surface area contributed by atoms with Gasteiger partial charge in [0.05, 0.1) is 0 Å². The predicted octanol–water partition coefficient (Wildman–Crippen LogP) is 4.11. The van der Waals surface area contributed by atoms with Gasteiger partial charge in [-0.15, -0.1) is 0 Å². The van der Waals surface area contributed by atoms with Crippen molar-refractivity contribution in [3.05, 3.63) is 61.2 Å². The minimum absolute atomic E-state index is 0.285. The number of rotatable bonds is 5. The molecule has 0 bridgehead atoms. The minimum Gasteiger partial charge on any atom is -0.508 e. The molecule has 0 saturated carbocycles. The quantitative estimate of drug-likeness (QED) is 0.818. The summed E-state index contributed by atoms with van der Waals surface area (Å²) in [5.41, 5.74) is 0. The van der Waals surface area contributed by atoms with E-state index in [0.29, 0.717) is 6.61 Å². The SMILES string of the molecule is C=CCOc1ccc(Sc2ccc(O)cc2)cc1. The van der Waals surface area contributed by atoms with Crippen LogP contribution in [-0.2, 0) is 0 Å². The molecule has 0 amide bonds. The van der Waals surface area contributed by atoms with Gasteiger partial charge in [0, 0.05) is 9.79 Å². The van der Waals surface area contributed by atoms with Gasteiger partial charge in [-0.05, 0) is 48.5 Å². The Labute approximate surface area is 111 Å². The van der Waals surface area contributed by atoms with Gasteiger partial charge in [-0.2, -0.15) is 0 Å². The van der Waals surface area contributed by atoms with Crippen LogP contribution >= 0.6 is 11.8 Å². The summed E-state index contributed by atoms with van der Waals surface area (Å²) in [5.74, 6) is 1.12. The third-order valence-corrected chi connectivity index (χ3v) is 3.28. The highest BCUT2D eigenvalue weighted by Gasteiger charge is 1.98. The molecule has 1 N–H and O–H groups in total. The second kappa shape index (κ2) is 6.17. The molecular weight excluding hydrogens is 244 g/mol. The zero-order valence-corrected chi connectivity index (χ0v) is 10.7. The molecule has 0 aromatic heterocycles. The predicted molar refractivity (Wildman–Crippen MR) is 74.4 cm³/mol. The van der Waals surface area contributed by atoms with Gasteiger partial charge in [0.1, 0.15) is 18.1 Å². The lowest BCUT2D eigenvalue weighted by Crippen LogP contribution is -1.91. The van der Waals surface area contributed by atoms with E-state index in [1.165, 1.54) is 0 Å². The Kier molecular flexibility index (Phi) is 4.31. The first kappa shape index (κ1) is 12.6. The Hall–Kier alpha value is -1.87. The summed E-state index contributed by atoms with van der Waals surface area (Å²) < 4.78 is 5.42. The zero-order valence-electron chi connectivity index (χ0n) is 9.87. The highest BCUT2D eigenvalue weighted by Crippen LogP contribution is 2.29. The van der Waals surface area contributed by atoms with E-state index in [0.717, 1.165) is 15.5 Å². The topological polar surface area (TPSA) is 29.5 Å². The Morgan fingerprint density at radius 3 is 2.11 bits per heavy atom. The molecule has 0 fully saturated rings. The molecule has 0 heterocycles. The average Bonchev–Trinajstić information content (AvgIpc) is 2.41. The first-order valence-electron chi connectivity index (χ1n) is 5.58. The Morgan fingerprint density at radius 1 is 1.00 bits per heavy atom. The van der Waals surface area contributed by atoms with Crippen molar-refractivity contribution in [2.45, 2.75) is 9.79 Å². The van der Waals surface area contributed by atoms with Crippen molar-refractivity contribution in [3.8, 4) is 11.5 Å². The number of aromatic hydroxyl groups is 1. The number of hydrogen-bond donors (Lipinski definition) is 1. The Balaban J connectivity index is 2.01. The molecule has 0 saturated heterocycles. The van der Waals surface area contributed by atoms with Crippen LogP contribution in [0.4, 0.5) is 0 Å². The lowest BCUT2D eigenvalue weighted by atomic mass is 10.3. The maximum atomic E-state index is 9.21. The lowest BCUT2D eigenvalue weighted by Gasteiger charge is -2.05. The second-order valence-corrected chi connectivity index (χ2v) is 4.81. The van der Waals surface area contributed by atoms with Crippen molar-refractivity contribution < 1.29 is 9.84 Å². The molecule has 0 atom stereocenters. The van der Waals surface area contributed by atoms with E-state index in [2.05, 4.69) is 6.58 Å². The first-order chi connectivity index (χ1) is 8.78. The van der Waals surface area contributed by atoms with Crippen LogP contribution in [0.3, 0.4) is 0 Å². The maximum absolute atomic E-state index is 9.21. The van der Waals surface area contributed by atoms with Gasteiger partial charge in [0.15, 0.2) is 0 Å². The van der Waals surface area contributed by atoms with Crippen LogP contribution in [-0.4, -0.2) is 11.7 Å². The smallest absolute Gasteiger partial charge is 0.119 e. The van der Waals surface area contributed by atoms with E-state index >= 15 is 0 Å². The molecule has 0 radical (unpaired) electrons. The molecule has 0 spiro atoms. The van der Waals surface area contributed by atoms with E-state index < -0.39 is 0 Å². The molecule has 18 heavy (non-hydrogen) atoms. The van der Waals surface area contributed by atoms with Crippen molar-refractivity contribution in [1.82, 2.24) is 0 Å². The molecule has 2 nitrogen and oxygen atoms in total. The Morgan fingerprint density at radius 2 is 1.56 bits per heavy atom. The third-order valence-electron chi connectivity index (χ3n) is 2.26. The fourth-order valence-electron chi connectivity index (χ4n) is 1.41. The summed E-state index contributed by atoms with van der Waals surface area (Å²) >= 11 is 1.64. The summed E-state index contributed by atoms with van der Waals surface area (Å²) in [5, 5.41) is 9.21. The van der Waals surface area contributed by atoms with Gasteiger partial charge in [0.25, 0.3) is 0 Å². The normalized spacial score (nSPS) is 10.0. The van der Waals surface area contributed by atoms with E-state index in [-0.39, 0.29) is 5.75 Å². The van der Waals surface area contributed by atoms with E-state index in [1.807, 2.05) is 36.4 Å². The standard InChI is InChI=1S/C15H14O2S/c1-2-11-17-13-5-9-15(10-6-13)18-14-7-3-12(16)4-8-14/h2-10,16H,1,11H2. The summed E-state index contributed by atoms with van der Waals surface area (Å²) in [6.07, 6.45) is 1.72. The van der Waals surface area contributed by atoms with Crippen molar-refractivity contribution in [3.63, 3.8) is 0 Å². The van der Waals surface area contributed by atoms with Crippen molar-refractivity contribution in [2.24, 2.45) is 0 Å². The molecule has 2 aromatic rings. The fraction of sp³-hybridized carbons (Fsp3) is 0.0667. The van der Waals surface area contributed by atoms with Crippen LogP contribution in [0.1, 0.15) is 0 Å². The monoisotopic (exact) mass is 258 g/mol. The van der Waals surface area contributed by atoms with Crippen LogP contribution < -0.4 is 4.74 Å². The number of phenolic OH excluding ortho intramolecular Hbond substituents is 1. The van der Waals surface area contributed by atoms with Gasteiger partial charge in [0.2, 0.25) is 0 Å². The summed E-state index contributed by atoms with van der Waals surface area (Å²) in [7, 11) is 0. The van der Waals surface area contributed by atoms with Crippen LogP contribution in [0.2, 0.25) is 0 Å². The molecule has 0 aliphatic heterocycles. The van der Waals surface area contributed by atoms with Gasteiger partial charge >= 0.3 is 0 Å². The van der Waals surface area contributed by atoms with E-state index in [9.17, 15) is 5.11 Å². The van der Waals surface area contributed by atoms with Crippen molar-refractivity contribution in [2.75, 3.05) is 6.61 Å². The molecule has 0 aliphatic rings. The van der Waals surface area contributed by atoms with Crippen molar-refractivity contribution >= 4 is 11.8 Å². The zero-order chi connectivity index (χ0) is 12.8. The maximum Gasteiger partial charge on any atom is 0.119 e. The first-order valence-corrected chi connectivity index (χ1v) is 6.40. The van der Waals surface area contributed by atoms with Crippen LogP contribution in [0.5, 0.6) is 11.5 Å². The molecule has 92 valence electrons. The van der Waals surface area contributed by atoms with Crippen molar-refractivity contribution in [1.29, 1.82) is 0 Å². The molecule has 3 heteroatoms. The van der Waals surface area contributed by atoms with E-state index in [4.69, 9.17) is 4.74 Å². The summed E-state index contributed by atoms with van der Waals surface area (Å²) in [6.45, 7) is 4.12. The average molecular weight is 258 g/mol. The van der Waals surface area contributed by atoms with Crippen LogP contribution in [0.15, 0.2) is 71.0 Å². The van der Waals surface area contributed by atoms with Crippen LogP contribution in [0.25, 0.3) is 0 Å². The minimum atomic E-state index is 0.285. The number of ether oxygens (including phenoxy) is 1. The molecular formula is C15H14O2S. The lowest BCUT2D eigenvalue weighted by molar-refractivity contribution is 0.363. The summed E-state index contributed by atoms with van der Waals surface area (Å²) in [6, 6.07) is 15.0. The highest BCUT2D eigenvalue weighted by molar-refractivity contribution is 7.99. The Bertz CT molecular complexity index is 503. The van der Waals surface area contributed by atoms with E-state index in [1.54, 1.807) is 30.0 Å². The summed E-state index contributed by atoms with van der Waals surface area (Å²) in [4.78, 5) is 2.22. The van der Waals surface area contributed by atoms with Crippen LogP contribution in [0, 0.1) is 0 Å². The van der Waals surface area contributed by atoms with Gasteiger partial charge in [-0.25, -0.2) is 0 Å². The largest absolute Gasteiger partial charge is 0.508 e. The number of hydrogen-bond acceptors (Lipinski definition) is 3. The number of benzene rings is 2. The van der Waals surface area contributed by atoms with Gasteiger partial charge in [-0.1, -0.05) is 24.4 Å². The number of phenols is 1. The molecule has 0 aliphatic carbocycles. The van der Waals surface area contributed by atoms with Gasteiger partial charge < -0.3 is 9.84 Å².